The molecule has 190 valence electrons. The normalized spacial score (nSPS) is 24.8. The van der Waals surface area contributed by atoms with E-state index in [4.69, 9.17) is 4.74 Å². The van der Waals surface area contributed by atoms with Gasteiger partial charge in [0.1, 0.15) is 5.75 Å². The molecule has 3 unspecified atom stereocenters. The van der Waals surface area contributed by atoms with Gasteiger partial charge in [0.25, 0.3) is 0 Å². The van der Waals surface area contributed by atoms with Crippen LogP contribution in [0.15, 0.2) is 54.6 Å². The first-order valence-corrected chi connectivity index (χ1v) is 12.8. The van der Waals surface area contributed by atoms with E-state index in [-0.39, 0.29) is 42.3 Å². The van der Waals surface area contributed by atoms with Crippen LogP contribution in [0.5, 0.6) is 5.75 Å². The first kappa shape index (κ1) is 24.3. The van der Waals surface area contributed by atoms with Crippen LogP contribution < -0.4 is 10.1 Å². The van der Waals surface area contributed by atoms with E-state index in [9.17, 15) is 14.4 Å². The molecule has 0 bridgehead atoms. The number of piperazine rings is 1. The molecule has 36 heavy (non-hydrogen) atoms. The molecular weight excluding hydrogens is 456 g/mol. The van der Waals surface area contributed by atoms with E-state index < -0.39 is 0 Å². The average molecular weight is 491 g/mol. The SMILES string of the molecule is COc1ccc(CN2C(=O)NC3CC(C(=O)N4CCN(Cc5ccccc5)CC4)CCC3C2=O)cc1. The van der Waals surface area contributed by atoms with E-state index >= 15 is 0 Å². The van der Waals surface area contributed by atoms with Crippen molar-refractivity contribution in [3.8, 4) is 5.75 Å². The Morgan fingerprint density at radius 1 is 0.917 bits per heavy atom. The molecule has 1 N–H and O–H groups in total. The Kier molecular flexibility index (Phi) is 7.23. The van der Waals surface area contributed by atoms with Crippen molar-refractivity contribution in [2.45, 2.75) is 38.4 Å². The van der Waals surface area contributed by atoms with Crippen molar-refractivity contribution in [1.82, 2.24) is 20.0 Å². The molecule has 0 radical (unpaired) electrons. The summed E-state index contributed by atoms with van der Waals surface area (Å²) < 4.78 is 5.18. The summed E-state index contributed by atoms with van der Waals surface area (Å²) >= 11 is 0. The molecule has 0 spiro atoms. The number of fused-ring (bicyclic) bond motifs is 1. The van der Waals surface area contributed by atoms with Crippen molar-refractivity contribution in [3.05, 3.63) is 65.7 Å². The molecule has 2 aromatic rings. The van der Waals surface area contributed by atoms with E-state index in [1.807, 2.05) is 35.2 Å². The first-order valence-electron chi connectivity index (χ1n) is 12.8. The lowest BCUT2D eigenvalue weighted by molar-refractivity contribution is -0.144. The smallest absolute Gasteiger partial charge is 0.324 e. The molecule has 4 amide bonds. The second kappa shape index (κ2) is 10.7. The molecule has 5 rings (SSSR count). The number of carbonyl (C=O) groups is 3. The van der Waals surface area contributed by atoms with Crippen LogP contribution in [0.2, 0.25) is 0 Å². The average Bonchev–Trinajstić information content (AvgIpc) is 2.91. The molecule has 2 saturated heterocycles. The molecule has 2 aromatic carbocycles. The van der Waals surface area contributed by atoms with Gasteiger partial charge in [-0.15, -0.1) is 0 Å². The van der Waals surface area contributed by atoms with Gasteiger partial charge in [0.05, 0.1) is 19.6 Å². The predicted octanol–water partition coefficient (Wildman–Crippen LogP) is 2.88. The summed E-state index contributed by atoms with van der Waals surface area (Å²) in [6.45, 7) is 4.28. The third-order valence-corrected chi connectivity index (χ3v) is 7.77. The number of hydrogen-bond donors (Lipinski definition) is 1. The number of amides is 4. The van der Waals surface area contributed by atoms with Gasteiger partial charge in [-0.25, -0.2) is 4.79 Å². The van der Waals surface area contributed by atoms with Gasteiger partial charge in [-0.2, -0.15) is 0 Å². The number of imide groups is 1. The highest BCUT2D eigenvalue weighted by Gasteiger charge is 2.46. The van der Waals surface area contributed by atoms with Crippen molar-refractivity contribution < 1.29 is 19.1 Å². The van der Waals surface area contributed by atoms with E-state index in [1.54, 1.807) is 7.11 Å². The second-order valence-corrected chi connectivity index (χ2v) is 10.0. The zero-order valence-electron chi connectivity index (χ0n) is 20.8. The fourth-order valence-corrected chi connectivity index (χ4v) is 5.68. The van der Waals surface area contributed by atoms with Crippen LogP contribution in [0.3, 0.4) is 0 Å². The molecule has 1 saturated carbocycles. The van der Waals surface area contributed by atoms with Gasteiger partial charge in [-0.3, -0.25) is 19.4 Å². The number of rotatable bonds is 6. The second-order valence-electron chi connectivity index (χ2n) is 10.0. The van der Waals surface area contributed by atoms with Gasteiger partial charge >= 0.3 is 6.03 Å². The molecule has 0 aromatic heterocycles. The maximum atomic E-state index is 13.3. The number of urea groups is 1. The van der Waals surface area contributed by atoms with E-state index in [0.717, 1.165) is 44.0 Å². The summed E-state index contributed by atoms with van der Waals surface area (Å²) in [7, 11) is 1.60. The number of hydrogen-bond acceptors (Lipinski definition) is 5. The summed E-state index contributed by atoms with van der Waals surface area (Å²) in [6.07, 6.45) is 1.83. The Balaban J connectivity index is 1.14. The minimum absolute atomic E-state index is 0.139. The third kappa shape index (κ3) is 5.23. The van der Waals surface area contributed by atoms with Crippen molar-refractivity contribution in [1.29, 1.82) is 0 Å². The Morgan fingerprint density at radius 3 is 2.31 bits per heavy atom. The fraction of sp³-hybridized carbons (Fsp3) is 0.464. The van der Waals surface area contributed by atoms with E-state index in [1.165, 1.54) is 10.5 Å². The number of benzene rings is 2. The summed E-state index contributed by atoms with van der Waals surface area (Å²) in [6, 6.07) is 17.1. The largest absolute Gasteiger partial charge is 0.497 e. The lowest BCUT2D eigenvalue weighted by Crippen LogP contribution is -2.62. The standard InChI is InChI=1S/C28H34N4O4/c1-36-23-10-7-21(8-11-23)19-32-27(34)24-12-9-22(17-25(24)29-28(32)35)26(33)31-15-13-30(14-16-31)18-20-5-3-2-4-6-20/h2-8,10-11,22,24-25H,9,12-19H2,1H3,(H,29,35). The van der Waals surface area contributed by atoms with Crippen molar-refractivity contribution in [2.24, 2.45) is 11.8 Å². The Morgan fingerprint density at radius 2 is 1.61 bits per heavy atom. The zero-order valence-corrected chi connectivity index (χ0v) is 20.8. The van der Waals surface area contributed by atoms with Gasteiger partial charge < -0.3 is 15.0 Å². The maximum absolute atomic E-state index is 13.3. The van der Waals surface area contributed by atoms with Gasteiger partial charge in [0, 0.05) is 44.7 Å². The third-order valence-electron chi connectivity index (χ3n) is 7.77. The van der Waals surface area contributed by atoms with Crippen molar-refractivity contribution in [2.75, 3.05) is 33.3 Å². The molecule has 2 heterocycles. The minimum Gasteiger partial charge on any atom is -0.497 e. The summed E-state index contributed by atoms with van der Waals surface area (Å²) in [4.78, 5) is 45.0. The fourth-order valence-electron chi connectivity index (χ4n) is 5.68. The lowest BCUT2D eigenvalue weighted by Gasteiger charge is -2.43. The molecule has 3 atom stereocenters. The minimum atomic E-state index is -0.375. The monoisotopic (exact) mass is 490 g/mol. The summed E-state index contributed by atoms with van der Waals surface area (Å²) in [5, 5.41) is 3.03. The molecule has 1 aliphatic carbocycles. The lowest BCUT2D eigenvalue weighted by atomic mass is 9.76. The van der Waals surface area contributed by atoms with Gasteiger partial charge in [0.15, 0.2) is 0 Å². The number of nitrogens with zero attached hydrogens (tertiary/aromatic N) is 3. The van der Waals surface area contributed by atoms with Gasteiger partial charge in [-0.05, 0) is 42.5 Å². The van der Waals surface area contributed by atoms with Crippen LogP contribution >= 0.6 is 0 Å². The highest BCUT2D eigenvalue weighted by atomic mass is 16.5. The van der Waals surface area contributed by atoms with Crippen LogP contribution in [-0.2, 0) is 22.7 Å². The predicted molar refractivity (Wildman–Crippen MR) is 135 cm³/mol. The van der Waals surface area contributed by atoms with Crippen LogP contribution in [0.4, 0.5) is 4.79 Å². The maximum Gasteiger partial charge on any atom is 0.324 e. The number of nitrogens with one attached hydrogen (secondary N) is 1. The molecular formula is C28H34N4O4. The quantitative estimate of drug-likeness (QED) is 0.674. The van der Waals surface area contributed by atoms with Crippen LogP contribution in [0, 0.1) is 11.8 Å². The Labute approximate surface area is 212 Å². The van der Waals surface area contributed by atoms with Gasteiger partial charge in [-0.1, -0.05) is 42.5 Å². The van der Waals surface area contributed by atoms with Crippen molar-refractivity contribution >= 4 is 17.8 Å². The highest BCUT2D eigenvalue weighted by molar-refractivity contribution is 5.99. The summed E-state index contributed by atoms with van der Waals surface area (Å²) in [5.41, 5.74) is 2.15. The van der Waals surface area contributed by atoms with Crippen LogP contribution in [-0.4, -0.2) is 71.9 Å². The topological polar surface area (TPSA) is 82.2 Å². The Hall–Kier alpha value is -3.39. The number of ether oxygens (including phenoxy) is 1. The number of methoxy groups -OCH3 is 1. The highest BCUT2D eigenvalue weighted by Crippen LogP contribution is 2.34. The molecule has 3 aliphatic rings. The summed E-state index contributed by atoms with van der Waals surface area (Å²) in [5.74, 6) is 0.338. The van der Waals surface area contributed by atoms with Gasteiger partial charge in [0.2, 0.25) is 11.8 Å². The molecule has 8 heteroatoms. The van der Waals surface area contributed by atoms with Crippen LogP contribution in [0.1, 0.15) is 30.4 Å². The van der Waals surface area contributed by atoms with E-state index in [2.05, 4.69) is 34.5 Å². The molecule has 2 aliphatic heterocycles. The molecule has 3 fully saturated rings. The first-order chi connectivity index (χ1) is 17.5. The zero-order chi connectivity index (χ0) is 25.1. The Bertz CT molecular complexity index is 1080. The van der Waals surface area contributed by atoms with Crippen LogP contribution in [0.25, 0.3) is 0 Å². The van der Waals surface area contributed by atoms with Crippen molar-refractivity contribution in [3.63, 3.8) is 0 Å². The van der Waals surface area contributed by atoms with E-state index in [0.29, 0.717) is 19.3 Å². The number of carbonyl (C=O) groups excluding carboxylic acids is 3. The molecule has 8 nitrogen and oxygen atoms in total.